The Morgan fingerprint density at radius 1 is 1.29 bits per heavy atom. The summed E-state index contributed by atoms with van der Waals surface area (Å²) >= 11 is 0. The van der Waals surface area contributed by atoms with Gasteiger partial charge < -0.3 is 5.32 Å². The zero-order valence-electron chi connectivity index (χ0n) is 11.4. The molecule has 0 aromatic heterocycles. The van der Waals surface area contributed by atoms with Crippen LogP contribution in [0, 0.1) is 6.92 Å². The van der Waals surface area contributed by atoms with Gasteiger partial charge in [0.2, 0.25) is 15.9 Å². The molecule has 9 heteroatoms. The molecule has 0 aliphatic heterocycles. The number of benzene rings is 1. The molecule has 0 fully saturated rings. The molecule has 2 N–H and O–H groups in total. The number of hydrogen-bond donors (Lipinski definition) is 2. The second-order valence-electron chi connectivity index (χ2n) is 4.25. The highest BCUT2D eigenvalue weighted by Crippen LogP contribution is 2.33. The Labute approximate surface area is 120 Å². The zero-order chi connectivity index (χ0) is 16.3. The average molecular weight is 324 g/mol. The first-order valence-corrected chi connectivity index (χ1v) is 7.50. The fourth-order valence-corrected chi connectivity index (χ4v) is 2.59. The molecule has 0 spiro atoms. The first-order valence-electron chi connectivity index (χ1n) is 6.02. The van der Waals surface area contributed by atoms with E-state index in [1.54, 1.807) is 6.92 Å². The maximum absolute atomic E-state index is 12.8. The van der Waals surface area contributed by atoms with E-state index >= 15 is 0 Å². The summed E-state index contributed by atoms with van der Waals surface area (Å²) < 4.78 is 64.0. The Hall–Kier alpha value is -1.61. The summed E-state index contributed by atoms with van der Waals surface area (Å²) in [6.45, 7) is 2.68. The fraction of sp³-hybridized carbons (Fsp3) is 0.417. The van der Waals surface area contributed by atoms with E-state index < -0.39 is 39.1 Å². The van der Waals surface area contributed by atoms with Gasteiger partial charge in [-0.2, -0.15) is 13.2 Å². The number of sulfonamides is 1. The molecular formula is C12H15F3N2O3S. The van der Waals surface area contributed by atoms with E-state index in [4.69, 9.17) is 0 Å². The van der Waals surface area contributed by atoms with Gasteiger partial charge in [-0.15, -0.1) is 0 Å². The third kappa shape index (κ3) is 4.71. The highest BCUT2D eigenvalue weighted by Gasteiger charge is 2.33. The van der Waals surface area contributed by atoms with Gasteiger partial charge >= 0.3 is 6.18 Å². The minimum absolute atomic E-state index is 0.0785. The summed E-state index contributed by atoms with van der Waals surface area (Å²) in [6.07, 6.45) is -4.64. The first-order chi connectivity index (χ1) is 9.58. The summed E-state index contributed by atoms with van der Waals surface area (Å²) in [7, 11) is -4.18. The molecule has 0 unspecified atom stereocenters. The van der Waals surface area contributed by atoms with Crippen LogP contribution in [0.25, 0.3) is 0 Å². The van der Waals surface area contributed by atoms with Gasteiger partial charge in [-0.3, -0.25) is 4.79 Å². The maximum atomic E-state index is 12.8. The van der Waals surface area contributed by atoms with Gasteiger partial charge in [-0.1, -0.05) is 6.07 Å². The van der Waals surface area contributed by atoms with Gasteiger partial charge in [0, 0.05) is 6.54 Å². The lowest BCUT2D eigenvalue weighted by molar-refractivity contribution is -0.138. The standard InChI is InChI=1S/C12H15F3N2O3S/c1-3-16-11(18)7-17-21(19,20)9-5-4-8(2)10(6-9)12(13,14)15/h4-6,17H,3,7H2,1-2H3,(H,16,18). The van der Waals surface area contributed by atoms with Gasteiger partial charge in [0.1, 0.15) is 0 Å². The highest BCUT2D eigenvalue weighted by molar-refractivity contribution is 7.89. The Morgan fingerprint density at radius 2 is 1.90 bits per heavy atom. The number of carbonyl (C=O) groups excluding carboxylic acids is 1. The van der Waals surface area contributed by atoms with Gasteiger partial charge in [0.15, 0.2) is 0 Å². The summed E-state index contributed by atoms with van der Waals surface area (Å²) in [5.74, 6) is -0.566. The molecule has 1 rings (SSSR count). The van der Waals surface area contributed by atoms with Crippen molar-refractivity contribution in [1.82, 2.24) is 10.0 Å². The molecular weight excluding hydrogens is 309 g/mol. The summed E-state index contributed by atoms with van der Waals surface area (Å²) in [5.41, 5.74) is -1.10. The number of rotatable bonds is 5. The number of alkyl halides is 3. The van der Waals surface area contributed by atoms with Gasteiger partial charge in [0.25, 0.3) is 0 Å². The molecule has 1 amide bonds. The van der Waals surface area contributed by atoms with Crippen LogP contribution >= 0.6 is 0 Å². The van der Waals surface area contributed by atoms with E-state index in [0.717, 1.165) is 12.1 Å². The lowest BCUT2D eigenvalue weighted by Crippen LogP contribution is -2.36. The summed E-state index contributed by atoms with van der Waals surface area (Å²) in [5, 5.41) is 2.37. The molecule has 21 heavy (non-hydrogen) atoms. The number of amides is 1. The summed E-state index contributed by atoms with van der Waals surface area (Å²) in [4.78, 5) is 10.6. The molecule has 118 valence electrons. The minimum atomic E-state index is -4.64. The molecule has 0 radical (unpaired) electrons. The topological polar surface area (TPSA) is 75.3 Å². The van der Waals surface area contributed by atoms with Crippen LogP contribution in [0.5, 0.6) is 0 Å². The fourth-order valence-electron chi connectivity index (χ4n) is 1.58. The van der Waals surface area contributed by atoms with Crippen LogP contribution in [0.4, 0.5) is 13.2 Å². The average Bonchev–Trinajstić information content (AvgIpc) is 2.36. The number of likely N-dealkylation sites (N-methyl/N-ethyl adjacent to an activating group) is 1. The van der Waals surface area contributed by atoms with E-state index in [1.807, 2.05) is 4.72 Å². The minimum Gasteiger partial charge on any atom is -0.355 e. The van der Waals surface area contributed by atoms with Crippen molar-refractivity contribution in [2.45, 2.75) is 24.9 Å². The molecule has 0 saturated heterocycles. The number of nitrogens with one attached hydrogen (secondary N) is 2. The van der Waals surface area contributed by atoms with Crippen LogP contribution in [0.2, 0.25) is 0 Å². The van der Waals surface area contributed by atoms with E-state index in [2.05, 4.69) is 5.32 Å². The van der Waals surface area contributed by atoms with Crippen LogP contribution in [0.15, 0.2) is 23.1 Å². The molecule has 0 atom stereocenters. The molecule has 0 saturated carbocycles. The number of aryl methyl sites for hydroxylation is 1. The Bertz CT molecular complexity index is 627. The predicted molar refractivity (Wildman–Crippen MR) is 70.1 cm³/mol. The van der Waals surface area contributed by atoms with Crippen molar-refractivity contribution in [2.75, 3.05) is 13.1 Å². The number of hydrogen-bond acceptors (Lipinski definition) is 3. The third-order valence-corrected chi connectivity index (χ3v) is 4.02. The normalized spacial score (nSPS) is 12.2. The highest BCUT2D eigenvalue weighted by atomic mass is 32.2. The van der Waals surface area contributed by atoms with Crippen molar-refractivity contribution >= 4 is 15.9 Å². The predicted octanol–water partition coefficient (Wildman–Crippen LogP) is 1.43. The van der Waals surface area contributed by atoms with E-state index in [-0.39, 0.29) is 5.56 Å². The maximum Gasteiger partial charge on any atom is 0.416 e. The zero-order valence-corrected chi connectivity index (χ0v) is 12.2. The smallest absolute Gasteiger partial charge is 0.355 e. The molecule has 0 aliphatic carbocycles. The largest absolute Gasteiger partial charge is 0.416 e. The second-order valence-corrected chi connectivity index (χ2v) is 6.02. The van der Waals surface area contributed by atoms with E-state index in [0.29, 0.717) is 12.6 Å². The molecule has 0 heterocycles. The van der Waals surface area contributed by atoms with Crippen LogP contribution < -0.4 is 10.0 Å². The molecule has 0 aliphatic rings. The van der Waals surface area contributed by atoms with Crippen molar-refractivity contribution in [3.8, 4) is 0 Å². The molecule has 5 nitrogen and oxygen atoms in total. The second kappa shape index (κ2) is 6.44. The quantitative estimate of drug-likeness (QED) is 0.860. The van der Waals surface area contributed by atoms with Gasteiger partial charge in [-0.25, -0.2) is 13.1 Å². The molecule has 1 aromatic rings. The lowest BCUT2D eigenvalue weighted by Gasteiger charge is -2.12. The van der Waals surface area contributed by atoms with Crippen molar-refractivity contribution < 1.29 is 26.4 Å². The molecule has 0 bridgehead atoms. The number of carbonyl (C=O) groups is 1. The van der Waals surface area contributed by atoms with Crippen LogP contribution in [-0.4, -0.2) is 27.4 Å². The SMILES string of the molecule is CCNC(=O)CNS(=O)(=O)c1ccc(C)c(C(F)(F)F)c1. The van der Waals surface area contributed by atoms with Crippen molar-refractivity contribution in [3.63, 3.8) is 0 Å². The lowest BCUT2D eigenvalue weighted by atomic mass is 10.1. The summed E-state index contributed by atoms with van der Waals surface area (Å²) in [6, 6.07) is 2.68. The van der Waals surface area contributed by atoms with Crippen LogP contribution in [0.1, 0.15) is 18.1 Å². The van der Waals surface area contributed by atoms with E-state index in [9.17, 15) is 26.4 Å². The monoisotopic (exact) mass is 324 g/mol. The van der Waals surface area contributed by atoms with Crippen molar-refractivity contribution in [1.29, 1.82) is 0 Å². The third-order valence-electron chi connectivity index (χ3n) is 2.62. The molecule has 1 aromatic carbocycles. The Kier molecular flexibility index (Phi) is 5.35. The van der Waals surface area contributed by atoms with Crippen molar-refractivity contribution in [2.24, 2.45) is 0 Å². The van der Waals surface area contributed by atoms with Crippen LogP contribution in [-0.2, 0) is 21.0 Å². The van der Waals surface area contributed by atoms with Crippen molar-refractivity contribution in [3.05, 3.63) is 29.3 Å². The Balaban J connectivity index is 3.02. The van der Waals surface area contributed by atoms with Crippen LogP contribution in [0.3, 0.4) is 0 Å². The van der Waals surface area contributed by atoms with Gasteiger partial charge in [0.05, 0.1) is 17.0 Å². The Morgan fingerprint density at radius 3 is 2.43 bits per heavy atom. The van der Waals surface area contributed by atoms with E-state index in [1.165, 1.54) is 6.92 Å². The van der Waals surface area contributed by atoms with Gasteiger partial charge in [-0.05, 0) is 31.5 Å². The first kappa shape index (κ1) is 17.4. The number of halogens is 3.